The summed E-state index contributed by atoms with van der Waals surface area (Å²) in [6.45, 7) is 0. The first-order valence-corrected chi connectivity index (χ1v) is 6.56. The highest BCUT2D eigenvalue weighted by atomic mass is 19.1. The van der Waals surface area contributed by atoms with Crippen LogP contribution in [0.2, 0.25) is 0 Å². The van der Waals surface area contributed by atoms with Crippen LogP contribution in [0, 0.1) is 5.82 Å². The van der Waals surface area contributed by atoms with Crippen LogP contribution in [0.25, 0.3) is 10.9 Å². The molecule has 2 aromatic carbocycles. The van der Waals surface area contributed by atoms with E-state index in [-0.39, 0.29) is 5.56 Å². The molecule has 3 nitrogen and oxygen atoms in total. The average molecular weight is 283 g/mol. The van der Waals surface area contributed by atoms with Crippen molar-refractivity contribution in [3.05, 3.63) is 71.7 Å². The summed E-state index contributed by atoms with van der Waals surface area (Å²) in [6.07, 6.45) is 0.511. The van der Waals surface area contributed by atoms with Gasteiger partial charge in [0.15, 0.2) is 0 Å². The maximum Gasteiger partial charge on any atom is 0.133 e. The lowest BCUT2D eigenvalue weighted by Gasteiger charge is -2.17. The van der Waals surface area contributed by atoms with Crippen molar-refractivity contribution in [3.8, 4) is 5.75 Å². The van der Waals surface area contributed by atoms with E-state index in [1.807, 2.05) is 24.3 Å². The van der Waals surface area contributed by atoms with E-state index in [9.17, 15) is 9.50 Å². The number of fused-ring (bicyclic) bond motifs is 1. The van der Waals surface area contributed by atoms with Gasteiger partial charge in [0.1, 0.15) is 17.7 Å². The van der Waals surface area contributed by atoms with Crippen molar-refractivity contribution in [1.29, 1.82) is 0 Å². The van der Waals surface area contributed by atoms with Crippen molar-refractivity contribution in [1.82, 2.24) is 4.98 Å². The van der Waals surface area contributed by atoms with Crippen LogP contribution >= 0.6 is 0 Å². The molecule has 0 bridgehead atoms. The van der Waals surface area contributed by atoms with E-state index in [2.05, 4.69) is 4.98 Å². The lowest BCUT2D eigenvalue weighted by Crippen LogP contribution is -2.06. The highest BCUT2D eigenvalue weighted by Gasteiger charge is 2.21. The molecule has 0 saturated carbocycles. The van der Waals surface area contributed by atoms with Gasteiger partial charge in [0.25, 0.3) is 0 Å². The third-order valence-electron chi connectivity index (χ3n) is 3.46. The van der Waals surface area contributed by atoms with Gasteiger partial charge in [-0.2, -0.15) is 0 Å². The van der Waals surface area contributed by atoms with Crippen molar-refractivity contribution in [3.63, 3.8) is 0 Å². The molecule has 106 valence electrons. The molecular weight excluding hydrogens is 269 g/mol. The Kier molecular flexibility index (Phi) is 3.54. The van der Waals surface area contributed by atoms with Crippen LogP contribution in [0.5, 0.6) is 5.75 Å². The van der Waals surface area contributed by atoms with Crippen molar-refractivity contribution in [2.45, 2.75) is 6.10 Å². The molecule has 1 atom stereocenters. The molecule has 0 fully saturated rings. The number of para-hydroxylation sites is 1. The van der Waals surface area contributed by atoms with Gasteiger partial charge in [0.2, 0.25) is 0 Å². The number of benzene rings is 2. The standard InChI is InChI=1S/C17H14FNO2/c1-21-14-9-3-8-13(18)15(14)17(20)12-7-2-5-11-6-4-10-19-16(11)12/h2-10,17,20H,1H3. The van der Waals surface area contributed by atoms with Crippen molar-refractivity contribution < 1.29 is 14.2 Å². The van der Waals surface area contributed by atoms with Gasteiger partial charge >= 0.3 is 0 Å². The number of pyridine rings is 1. The largest absolute Gasteiger partial charge is 0.496 e. The van der Waals surface area contributed by atoms with E-state index in [1.165, 1.54) is 13.2 Å². The van der Waals surface area contributed by atoms with E-state index < -0.39 is 11.9 Å². The van der Waals surface area contributed by atoms with Crippen molar-refractivity contribution in [2.24, 2.45) is 0 Å². The summed E-state index contributed by atoms with van der Waals surface area (Å²) >= 11 is 0. The number of hydrogen-bond donors (Lipinski definition) is 1. The molecule has 3 rings (SSSR count). The van der Waals surface area contributed by atoms with Gasteiger partial charge < -0.3 is 9.84 Å². The number of hydrogen-bond acceptors (Lipinski definition) is 3. The minimum absolute atomic E-state index is 0.123. The summed E-state index contributed by atoms with van der Waals surface area (Å²) in [7, 11) is 1.45. The molecule has 21 heavy (non-hydrogen) atoms. The van der Waals surface area contributed by atoms with Gasteiger partial charge in [-0.05, 0) is 18.2 Å². The topological polar surface area (TPSA) is 42.4 Å². The quantitative estimate of drug-likeness (QED) is 0.800. The number of halogens is 1. The van der Waals surface area contributed by atoms with E-state index >= 15 is 0 Å². The lowest BCUT2D eigenvalue weighted by molar-refractivity contribution is 0.210. The molecule has 1 aromatic heterocycles. The second kappa shape index (κ2) is 5.50. The van der Waals surface area contributed by atoms with E-state index in [1.54, 1.807) is 24.4 Å². The number of methoxy groups -OCH3 is 1. The van der Waals surface area contributed by atoms with Crippen LogP contribution in [0.4, 0.5) is 4.39 Å². The number of aliphatic hydroxyl groups is 1. The Morgan fingerprint density at radius 2 is 1.86 bits per heavy atom. The summed E-state index contributed by atoms with van der Waals surface area (Å²) < 4.78 is 19.3. The molecule has 0 saturated heterocycles. The Morgan fingerprint density at radius 3 is 2.67 bits per heavy atom. The highest BCUT2D eigenvalue weighted by molar-refractivity contribution is 5.82. The molecule has 0 spiro atoms. The van der Waals surface area contributed by atoms with Crippen molar-refractivity contribution >= 4 is 10.9 Å². The Labute approximate surface area is 121 Å². The summed E-state index contributed by atoms with van der Waals surface area (Å²) in [5.74, 6) is -0.190. The van der Waals surface area contributed by atoms with E-state index in [0.717, 1.165) is 5.39 Å². The molecule has 0 radical (unpaired) electrons. The zero-order valence-corrected chi connectivity index (χ0v) is 11.5. The zero-order valence-electron chi connectivity index (χ0n) is 11.5. The second-order valence-corrected chi connectivity index (χ2v) is 4.68. The van der Waals surface area contributed by atoms with E-state index in [0.29, 0.717) is 16.8 Å². The normalized spacial score (nSPS) is 12.3. The molecule has 1 unspecified atom stereocenters. The van der Waals surface area contributed by atoms with Gasteiger partial charge in [-0.1, -0.05) is 30.3 Å². The van der Waals surface area contributed by atoms with Gasteiger partial charge in [-0.15, -0.1) is 0 Å². The Bertz CT molecular complexity index is 783. The fourth-order valence-corrected chi connectivity index (χ4v) is 2.46. The zero-order chi connectivity index (χ0) is 14.8. The molecule has 3 aromatic rings. The first-order valence-electron chi connectivity index (χ1n) is 6.56. The smallest absolute Gasteiger partial charge is 0.133 e. The van der Waals surface area contributed by atoms with Crippen molar-refractivity contribution in [2.75, 3.05) is 7.11 Å². The Balaban J connectivity index is 2.20. The fraction of sp³-hybridized carbons (Fsp3) is 0.118. The molecular formula is C17H14FNO2. The Hall–Kier alpha value is -2.46. The fourth-order valence-electron chi connectivity index (χ4n) is 2.46. The van der Waals surface area contributed by atoms with Gasteiger partial charge in [0.05, 0.1) is 18.2 Å². The third kappa shape index (κ3) is 2.34. The average Bonchev–Trinajstić information content (AvgIpc) is 2.53. The number of rotatable bonds is 3. The predicted molar refractivity (Wildman–Crippen MR) is 78.8 cm³/mol. The first-order chi connectivity index (χ1) is 10.2. The third-order valence-corrected chi connectivity index (χ3v) is 3.46. The summed E-state index contributed by atoms with van der Waals surface area (Å²) in [5.41, 5.74) is 1.33. The number of aromatic nitrogens is 1. The maximum absolute atomic E-state index is 14.1. The summed E-state index contributed by atoms with van der Waals surface area (Å²) in [4.78, 5) is 4.29. The van der Waals surface area contributed by atoms with Crippen LogP contribution in [0.15, 0.2) is 54.7 Å². The molecule has 0 amide bonds. The molecule has 0 aliphatic carbocycles. The van der Waals surface area contributed by atoms with Gasteiger partial charge in [-0.25, -0.2) is 4.39 Å². The minimum atomic E-state index is -1.14. The molecule has 1 N–H and O–H groups in total. The maximum atomic E-state index is 14.1. The number of ether oxygens (including phenoxy) is 1. The second-order valence-electron chi connectivity index (χ2n) is 4.68. The predicted octanol–water partition coefficient (Wildman–Crippen LogP) is 3.46. The first kappa shape index (κ1) is 13.5. The monoisotopic (exact) mass is 283 g/mol. The van der Waals surface area contributed by atoms with E-state index in [4.69, 9.17) is 4.74 Å². The van der Waals surface area contributed by atoms with Crippen LogP contribution < -0.4 is 4.74 Å². The van der Waals surface area contributed by atoms with Crippen LogP contribution in [0.3, 0.4) is 0 Å². The minimum Gasteiger partial charge on any atom is -0.496 e. The molecule has 0 aliphatic heterocycles. The van der Waals surface area contributed by atoms with Gasteiger partial charge in [-0.3, -0.25) is 4.98 Å². The Morgan fingerprint density at radius 1 is 1.10 bits per heavy atom. The number of nitrogens with zero attached hydrogens (tertiary/aromatic N) is 1. The van der Waals surface area contributed by atoms with Gasteiger partial charge in [0, 0.05) is 17.1 Å². The SMILES string of the molecule is COc1cccc(F)c1C(O)c1cccc2cccnc12. The molecule has 1 heterocycles. The number of aliphatic hydroxyl groups excluding tert-OH is 1. The molecule has 0 aliphatic rings. The van der Waals surface area contributed by atoms with Crippen LogP contribution in [0.1, 0.15) is 17.2 Å². The van der Waals surface area contributed by atoms with Crippen LogP contribution in [-0.2, 0) is 0 Å². The highest BCUT2D eigenvalue weighted by Crippen LogP contribution is 2.34. The summed E-state index contributed by atoms with van der Waals surface area (Å²) in [6, 6.07) is 13.7. The summed E-state index contributed by atoms with van der Waals surface area (Å²) in [5, 5.41) is 11.5. The van der Waals surface area contributed by atoms with Crippen LogP contribution in [-0.4, -0.2) is 17.2 Å². The lowest BCUT2D eigenvalue weighted by atomic mass is 9.97. The molecule has 4 heteroatoms.